The van der Waals surface area contributed by atoms with Crippen LogP contribution in [0.4, 0.5) is 0 Å². The van der Waals surface area contributed by atoms with E-state index in [1.54, 1.807) is 18.3 Å². The number of halogens is 1. The maximum atomic E-state index is 8.85. The first-order valence-corrected chi connectivity index (χ1v) is 6.22. The first kappa shape index (κ1) is 12.6. The third-order valence-electron chi connectivity index (χ3n) is 2.48. The fourth-order valence-corrected chi connectivity index (χ4v) is 1.70. The lowest BCUT2D eigenvalue weighted by Gasteiger charge is -2.08. The summed E-state index contributed by atoms with van der Waals surface area (Å²) in [6.45, 7) is 2.34. The van der Waals surface area contributed by atoms with Crippen LogP contribution in [0.5, 0.6) is 5.75 Å². The second-order valence-electron chi connectivity index (χ2n) is 3.85. The Labute approximate surface area is 114 Å². The van der Waals surface area contributed by atoms with Crippen LogP contribution in [0, 0.1) is 18.3 Å². The zero-order chi connectivity index (χ0) is 13.0. The van der Waals surface area contributed by atoms with Gasteiger partial charge in [-0.3, -0.25) is 4.98 Å². The van der Waals surface area contributed by atoms with Crippen molar-refractivity contribution in [2.75, 3.05) is 0 Å². The number of nitrogens with zero attached hydrogens (tertiary/aromatic N) is 2. The highest BCUT2D eigenvalue weighted by molar-refractivity contribution is 9.10. The molecule has 0 aliphatic carbocycles. The van der Waals surface area contributed by atoms with Crippen molar-refractivity contribution in [2.45, 2.75) is 13.5 Å². The highest BCUT2D eigenvalue weighted by Gasteiger charge is 2.02. The number of rotatable bonds is 3. The van der Waals surface area contributed by atoms with Gasteiger partial charge in [0.15, 0.2) is 0 Å². The number of aryl methyl sites for hydroxylation is 1. The van der Waals surface area contributed by atoms with Gasteiger partial charge in [-0.2, -0.15) is 5.26 Å². The minimum atomic E-state index is 0.392. The lowest BCUT2D eigenvalue weighted by Crippen LogP contribution is -1.99. The van der Waals surface area contributed by atoms with Gasteiger partial charge in [-0.25, -0.2) is 0 Å². The van der Waals surface area contributed by atoms with Crippen molar-refractivity contribution in [3.63, 3.8) is 0 Å². The summed E-state index contributed by atoms with van der Waals surface area (Å²) in [5.41, 5.74) is 2.45. The molecule has 0 aliphatic rings. The van der Waals surface area contributed by atoms with E-state index in [1.807, 2.05) is 25.1 Å². The number of pyridine rings is 1. The van der Waals surface area contributed by atoms with E-state index >= 15 is 0 Å². The summed E-state index contributed by atoms with van der Waals surface area (Å²) >= 11 is 3.33. The Hall–Kier alpha value is -1.86. The second-order valence-corrected chi connectivity index (χ2v) is 4.76. The molecule has 2 rings (SSSR count). The molecular weight excluding hydrogens is 292 g/mol. The van der Waals surface area contributed by atoms with Crippen LogP contribution >= 0.6 is 15.9 Å². The molecule has 0 aliphatic heterocycles. The van der Waals surface area contributed by atoms with E-state index in [9.17, 15) is 0 Å². The summed E-state index contributed by atoms with van der Waals surface area (Å²) in [5.74, 6) is 0.721. The number of hydrogen-bond donors (Lipinski definition) is 0. The molecule has 2 aromatic rings. The molecule has 1 aromatic heterocycles. The van der Waals surface area contributed by atoms with Gasteiger partial charge in [0.1, 0.15) is 12.4 Å². The van der Waals surface area contributed by atoms with Crippen LogP contribution in [-0.2, 0) is 6.61 Å². The van der Waals surface area contributed by atoms with Gasteiger partial charge in [0, 0.05) is 10.7 Å². The lowest BCUT2D eigenvalue weighted by molar-refractivity contribution is 0.299. The molecule has 0 fully saturated rings. The Kier molecular flexibility index (Phi) is 3.96. The van der Waals surface area contributed by atoms with Gasteiger partial charge >= 0.3 is 0 Å². The van der Waals surface area contributed by atoms with Gasteiger partial charge in [-0.1, -0.05) is 6.07 Å². The molecule has 4 heteroatoms. The van der Waals surface area contributed by atoms with Crippen LogP contribution in [0.2, 0.25) is 0 Å². The van der Waals surface area contributed by atoms with Crippen molar-refractivity contribution in [3.8, 4) is 11.8 Å². The van der Waals surface area contributed by atoms with Gasteiger partial charge < -0.3 is 4.74 Å². The highest BCUT2D eigenvalue weighted by Crippen LogP contribution is 2.20. The number of aromatic nitrogens is 1. The first-order valence-electron chi connectivity index (χ1n) is 5.43. The third-order valence-corrected chi connectivity index (χ3v) is 2.95. The summed E-state index contributed by atoms with van der Waals surface area (Å²) in [7, 11) is 0. The molecule has 90 valence electrons. The van der Waals surface area contributed by atoms with Gasteiger partial charge in [0.25, 0.3) is 0 Å². The Bertz CT molecular complexity index is 588. The molecule has 0 spiro atoms. The van der Waals surface area contributed by atoms with E-state index in [1.165, 1.54) is 0 Å². The molecule has 0 N–H and O–H groups in total. The van der Waals surface area contributed by atoms with Crippen molar-refractivity contribution in [1.82, 2.24) is 4.98 Å². The minimum Gasteiger partial charge on any atom is -0.487 e. The zero-order valence-electron chi connectivity index (χ0n) is 9.85. The van der Waals surface area contributed by atoms with Crippen molar-refractivity contribution in [1.29, 1.82) is 5.26 Å². The van der Waals surface area contributed by atoms with Gasteiger partial charge in [-0.15, -0.1) is 0 Å². The third kappa shape index (κ3) is 3.08. The van der Waals surface area contributed by atoms with Crippen molar-refractivity contribution >= 4 is 15.9 Å². The standard InChI is InChI=1S/C14H11BrN2O/c1-10-2-3-11(7-16)6-14(10)18-9-13-5-4-12(15)8-17-13/h2-6,8H,9H2,1H3. The molecule has 0 unspecified atom stereocenters. The second kappa shape index (κ2) is 5.65. The smallest absolute Gasteiger partial charge is 0.130 e. The van der Waals surface area contributed by atoms with E-state index in [0.29, 0.717) is 12.2 Å². The molecule has 0 saturated heterocycles. The predicted octanol–water partition coefficient (Wildman–Crippen LogP) is 3.60. The van der Waals surface area contributed by atoms with Crippen molar-refractivity contribution < 1.29 is 4.74 Å². The molecule has 0 saturated carbocycles. The Balaban J connectivity index is 2.10. The van der Waals surface area contributed by atoms with Crippen LogP contribution < -0.4 is 4.74 Å². The monoisotopic (exact) mass is 302 g/mol. The fraction of sp³-hybridized carbons (Fsp3) is 0.143. The molecule has 0 bridgehead atoms. The summed E-state index contributed by atoms with van der Waals surface area (Å²) < 4.78 is 6.62. The van der Waals surface area contributed by atoms with Gasteiger partial charge in [0.2, 0.25) is 0 Å². The molecule has 0 atom stereocenters. The molecule has 18 heavy (non-hydrogen) atoms. The average Bonchev–Trinajstić information content (AvgIpc) is 2.40. The molecule has 0 radical (unpaired) electrons. The molecule has 0 amide bonds. The van der Waals surface area contributed by atoms with E-state index in [2.05, 4.69) is 27.0 Å². The van der Waals surface area contributed by atoms with E-state index in [-0.39, 0.29) is 0 Å². The summed E-state index contributed by atoms with van der Waals surface area (Å²) in [6.07, 6.45) is 1.73. The fourth-order valence-electron chi connectivity index (χ4n) is 1.47. The number of nitriles is 1. The van der Waals surface area contributed by atoms with E-state index < -0.39 is 0 Å². The van der Waals surface area contributed by atoms with E-state index in [0.717, 1.165) is 21.5 Å². The SMILES string of the molecule is Cc1ccc(C#N)cc1OCc1ccc(Br)cn1. The lowest BCUT2D eigenvalue weighted by atomic mass is 10.1. The molecule has 3 nitrogen and oxygen atoms in total. The first-order chi connectivity index (χ1) is 8.69. The topological polar surface area (TPSA) is 45.9 Å². The summed E-state index contributed by atoms with van der Waals surface area (Å²) in [5, 5.41) is 8.85. The zero-order valence-corrected chi connectivity index (χ0v) is 11.4. The van der Waals surface area contributed by atoms with Crippen LogP contribution in [0.15, 0.2) is 41.0 Å². The Morgan fingerprint density at radius 2 is 2.17 bits per heavy atom. The maximum absolute atomic E-state index is 8.85. The van der Waals surface area contributed by atoms with Crippen molar-refractivity contribution in [3.05, 3.63) is 57.8 Å². The van der Waals surface area contributed by atoms with Crippen LogP contribution in [0.25, 0.3) is 0 Å². The minimum absolute atomic E-state index is 0.392. The number of benzene rings is 1. The highest BCUT2D eigenvalue weighted by atomic mass is 79.9. The summed E-state index contributed by atoms with van der Waals surface area (Å²) in [4.78, 5) is 4.23. The number of ether oxygens (including phenoxy) is 1. The Morgan fingerprint density at radius 3 is 2.83 bits per heavy atom. The molecule has 1 aromatic carbocycles. The molecular formula is C14H11BrN2O. The van der Waals surface area contributed by atoms with Gasteiger partial charge in [0.05, 0.1) is 17.3 Å². The Morgan fingerprint density at radius 1 is 1.33 bits per heavy atom. The predicted molar refractivity (Wildman–Crippen MR) is 72.2 cm³/mol. The van der Waals surface area contributed by atoms with Gasteiger partial charge in [-0.05, 0) is 52.7 Å². The van der Waals surface area contributed by atoms with Crippen LogP contribution in [0.3, 0.4) is 0 Å². The van der Waals surface area contributed by atoms with Crippen LogP contribution in [0.1, 0.15) is 16.8 Å². The normalized spacial score (nSPS) is 9.83. The summed E-state index contributed by atoms with van der Waals surface area (Å²) in [6, 6.07) is 11.3. The quantitative estimate of drug-likeness (QED) is 0.870. The molecule has 1 heterocycles. The average molecular weight is 303 g/mol. The number of hydrogen-bond acceptors (Lipinski definition) is 3. The van der Waals surface area contributed by atoms with Crippen LogP contribution in [-0.4, -0.2) is 4.98 Å². The maximum Gasteiger partial charge on any atom is 0.130 e. The van der Waals surface area contributed by atoms with E-state index in [4.69, 9.17) is 10.00 Å². The van der Waals surface area contributed by atoms with Crippen molar-refractivity contribution in [2.24, 2.45) is 0 Å². The largest absolute Gasteiger partial charge is 0.487 e.